The molecular weight excluding hydrogens is 314 g/mol. The van der Waals surface area contributed by atoms with Gasteiger partial charge in [-0.15, -0.1) is 0 Å². The van der Waals surface area contributed by atoms with Gasteiger partial charge in [-0.25, -0.2) is 0 Å². The fourth-order valence-corrected chi connectivity index (χ4v) is 2.75. The van der Waals surface area contributed by atoms with E-state index in [9.17, 15) is 9.59 Å². The van der Waals surface area contributed by atoms with Crippen molar-refractivity contribution in [3.8, 4) is 0 Å². The van der Waals surface area contributed by atoms with Crippen LogP contribution in [0.2, 0.25) is 0 Å². The van der Waals surface area contributed by atoms with Crippen molar-refractivity contribution in [3.63, 3.8) is 0 Å². The zero-order valence-corrected chi connectivity index (χ0v) is 14.6. The third kappa shape index (κ3) is 3.40. The molecule has 0 unspecified atom stereocenters. The van der Waals surface area contributed by atoms with E-state index in [2.05, 4.69) is 22.8 Å². The molecule has 0 fully saturated rings. The van der Waals surface area contributed by atoms with Crippen LogP contribution < -0.4 is 10.9 Å². The number of hydrazine groups is 1. The standard InChI is InChI=1S/C20H21N3O2/c1-4-14-5-7-15(8-6-14)19(24)22-23-20(25)16-9-10-18-17(11-16)12(2)13(3)21-18/h5-11,21H,4H2,1-3H3,(H,22,24)(H,23,25). The molecule has 0 aliphatic carbocycles. The van der Waals surface area contributed by atoms with Crippen molar-refractivity contribution in [2.45, 2.75) is 27.2 Å². The molecule has 0 saturated carbocycles. The topological polar surface area (TPSA) is 74.0 Å². The molecule has 3 N–H and O–H groups in total. The summed E-state index contributed by atoms with van der Waals surface area (Å²) in [6.07, 6.45) is 0.916. The van der Waals surface area contributed by atoms with Crippen LogP contribution in [0.15, 0.2) is 42.5 Å². The largest absolute Gasteiger partial charge is 0.358 e. The lowest BCUT2D eigenvalue weighted by atomic mass is 10.1. The van der Waals surface area contributed by atoms with E-state index in [0.717, 1.165) is 34.1 Å². The average Bonchev–Trinajstić information content (AvgIpc) is 2.93. The second kappa shape index (κ2) is 6.81. The molecule has 0 saturated heterocycles. The molecule has 1 aromatic heterocycles. The molecule has 1 heterocycles. The van der Waals surface area contributed by atoms with Crippen LogP contribution in [0.4, 0.5) is 0 Å². The molecule has 25 heavy (non-hydrogen) atoms. The summed E-state index contributed by atoms with van der Waals surface area (Å²) in [5.74, 6) is -0.690. The van der Waals surface area contributed by atoms with Crippen LogP contribution in [0.5, 0.6) is 0 Å². The maximum absolute atomic E-state index is 12.3. The third-order valence-electron chi connectivity index (χ3n) is 4.48. The number of benzene rings is 2. The van der Waals surface area contributed by atoms with Gasteiger partial charge in [-0.2, -0.15) is 0 Å². The quantitative estimate of drug-likeness (QED) is 0.642. The third-order valence-corrected chi connectivity index (χ3v) is 4.48. The molecule has 5 nitrogen and oxygen atoms in total. The fraction of sp³-hybridized carbons (Fsp3) is 0.200. The lowest BCUT2D eigenvalue weighted by Crippen LogP contribution is -2.41. The number of H-pyrrole nitrogens is 1. The number of aromatic amines is 1. The second-order valence-corrected chi connectivity index (χ2v) is 6.09. The van der Waals surface area contributed by atoms with Gasteiger partial charge in [0.05, 0.1) is 0 Å². The summed E-state index contributed by atoms with van der Waals surface area (Å²) in [5, 5.41) is 1.01. The van der Waals surface area contributed by atoms with E-state index in [1.165, 1.54) is 0 Å². The van der Waals surface area contributed by atoms with Crippen LogP contribution in [0.25, 0.3) is 10.9 Å². The van der Waals surface area contributed by atoms with Gasteiger partial charge in [0, 0.05) is 27.7 Å². The number of hydrogen-bond acceptors (Lipinski definition) is 2. The molecule has 2 aromatic carbocycles. The first-order valence-corrected chi connectivity index (χ1v) is 8.28. The number of aromatic nitrogens is 1. The summed E-state index contributed by atoms with van der Waals surface area (Å²) in [5.41, 5.74) is 10.3. The monoisotopic (exact) mass is 335 g/mol. The highest BCUT2D eigenvalue weighted by atomic mass is 16.2. The van der Waals surface area contributed by atoms with Gasteiger partial charge in [0.25, 0.3) is 11.8 Å². The Labute approximate surface area is 146 Å². The van der Waals surface area contributed by atoms with Gasteiger partial charge in [-0.3, -0.25) is 20.4 Å². The van der Waals surface area contributed by atoms with E-state index >= 15 is 0 Å². The van der Waals surface area contributed by atoms with Gasteiger partial charge in [-0.05, 0) is 61.7 Å². The highest BCUT2D eigenvalue weighted by Crippen LogP contribution is 2.22. The van der Waals surface area contributed by atoms with Crippen LogP contribution in [-0.2, 0) is 6.42 Å². The summed E-state index contributed by atoms with van der Waals surface area (Å²) < 4.78 is 0. The summed E-state index contributed by atoms with van der Waals surface area (Å²) >= 11 is 0. The predicted octanol–water partition coefficient (Wildman–Crippen LogP) is 3.42. The Morgan fingerprint density at radius 2 is 1.52 bits per heavy atom. The van der Waals surface area contributed by atoms with Gasteiger partial charge in [0.15, 0.2) is 0 Å². The minimum absolute atomic E-state index is 0.342. The normalized spacial score (nSPS) is 10.7. The van der Waals surface area contributed by atoms with E-state index in [1.54, 1.807) is 18.2 Å². The van der Waals surface area contributed by atoms with Crippen molar-refractivity contribution < 1.29 is 9.59 Å². The van der Waals surface area contributed by atoms with E-state index < -0.39 is 0 Å². The SMILES string of the molecule is CCc1ccc(C(=O)NNC(=O)c2ccc3[nH]c(C)c(C)c3c2)cc1. The Bertz CT molecular complexity index is 939. The summed E-state index contributed by atoms with van der Waals surface area (Å²) in [7, 11) is 0. The number of rotatable bonds is 3. The summed E-state index contributed by atoms with van der Waals surface area (Å²) in [6, 6.07) is 12.7. The van der Waals surface area contributed by atoms with Crippen molar-refractivity contribution >= 4 is 22.7 Å². The van der Waals surface area contributed by atoms with Crippen LogP contribution in [-0.4, -0.2) is 16.8 Å². The Kier molecular flexibility index (Phi) is 4.57. The molecule has 5 heteroatoms. The Hall–Kier alpha value is -3.08. The maximum Gasteiger partial charge on any atom is 0.269 e. The van der Waals surface area contributed by atoms with Crippen LogP contribution in [0, 0.1) is 13.8 Å². The number of carbonyl (C=O) groups excluding carboxylic acids is 2. The molecule has 0 spiro atoms. The molecular formula is C20H21N3O2. The first kappa shape index (κ1) is 16.8. The first-order valence-electron chi connectivity index (χ1n) is 8.28. The van der Waals surface area contributed by atoms with Crippen LogP contribution in [0.1, 0.15) is 44.5 Å². The summed E-state index contributed by atoms with van der Waals surface area (Å²) in [6.45, 7) is 6.07. The zero-order chi connectivity index (χ0) is 18.0. The van der Waals surface area contributed by atoms with Crippen LogP contribution >= 0.6 is 0 Å². The van der Waals surface area contributed by atoms with Gasteiger partial charge >= 0.3 is 0 Å². The number of amides is 2. The second-order valence-electron chi connectivity index (χ2n) is 6.09. The van der Waals surface area contributed by atoms with Crippen LogP contribution in [0.3, 0.4) is 0 Å². The number of carbonyl (C=O) groups is 2. The highest BCUT2D eigenvalue weighted by Gasteiger charge is 2.11. The van der Waals surface area contributed by atoms with Crippen molar-refractivity contribution in [3.05, 3.63) is 70.4 Å². The fourth-order valence-electron chi connectivity index (χ4n) is 2.75. The van der Waals surface area contributed by atoms with Gasteiger partial charge in [-0.1, -0.05) is 19.1 Å². The lowest BCUT2D eigenvalue weighted by Gasteiger charge is -2.08. The summed E-state index contributed by atoms with van der Waals surface area (Å²) in [4.78, 5) is 27.7. The predicted molar refractivity (Wildman–Crippen MR) is 98.5 cm³/mol. The smallest absolute Gasteiger partial charge is 0.269 e. The number of aryl methyl sites for hydroxylation is 3. The maximum atomic E-state index is 12.3. The van der Waals surface area contributed by atoms with Crippen molar-refractivity contribution in [1.82, 2.24) is 15.8 Å². The lowest BCUT2D eigenvalue weighted by molar-refractivity contribution is 0.0847. The Morgan fingerprint density at radius 3 is 2.16 bits per heavy atom. The molecule has 3 aromatic rings. The van der Waals surface area contributed by atoms with Crippen molar-refractivity contribution in [2.24, 2.45) is 0 Å². The molecule has 0 bridgehead atoms. The Morgan fingerprint density at radius 1 is 0.920 bits per heavy atom. The molecule has 0 aliphatic rings. The minimum atomic E-state index is -0.348. The zero-order valence-electron chi connectivity index (χ0n) is 14.6. The van der Waals surface area contributed by atoms with E-state index in [1.807, 2.05) is 38.1 Å². The molecule has 0 radical (unpaired) electrons. The van der Waals surface area contributed by atoms with Crippen molar-refractivity contribution in [2.75, 3.05) is 0 Å². The molecule has 128 valence electrons. The van der Waals surface area contributed by atoms with Crippen molar-refractivity contribution in [1.29, 1.82) is 0 Å². The molecule has 3 rings (SSSR count). The highest BCUT2D eigenvalue weighted by molar-refractivity contribution is 6.01. The first-order chi connectivity index (χ1) is 12.0. The average molecular weight is 335 g/mol. The van der Waals surface area contributed by atoms with Gasteiger partial charge < -0.3 is 4.98 Å². The number of hydrogen-bond donors (Lipinski definition) is 3. The number of fused-ring (bicyclic) bond motifs is 1. The minimum Gasteiger partial charge on any atom is -0.358 e. The number of nitrogens with one attached hydrogen (secondary N) is 3. The van der Waals surface area contributed by atoms with E-state index in [4.69, 9.17) is 0 Å². The van der Waals surface area contributed by atoms with Gasteiger partial charge in [0.1, 0.15) is 0 Å². The molecule has 0 atom stereocenters. The molecule has 0 aliphatic heterocycles. The van der Waals surface area contributed by atoms with E-state index in [-0.39, 0.29) is 11.8 Å². The van der Waals surface area contributed by atoms with E-state index in [0.29, 0.717) is 11.1 Å². The Balaban J connectivity index is 1.69. The molecule has 2 amide bonds. The van der Waals surface area contributed by atoms with Gasteiger partial charge in [0.2, 0.25) is 0 Å².